The van der Waals surface area contributed by atoms with Crippen LogP contribution in [0.5, 0.6) is 0 Å². The number of nitrogens with zero attached hydrogens (tertiary/aromatic N) is 1. The topological polar surface area (TPSA) is 84.7 Å². The van der Waals surface area contributed by atoms with E-state index in [0.717, 1.165) is 25.6 Å². The molecule has 1 unspecified atom stereocenters. The maximum atomic E-state index is 12.4. The van der Waals surface area contributed by atoms with Crippen molar-refractivity contribution in [1.29, 1.82) is 0 Å². The van der Waals surface area contributed by atoms with Crippen LogP contribution in [0.25, 0.3) is 0 Å². The van der Waals surface area contributed by atoms with Gasteiger partial charge in [0.2, 0.25) is 0 Å². The summed E-state index contributed by atoms with van der Waals surface area (Å²) in [6.45, 7) is 16.9. The van der Waals surface area contributed by atoms with E-state index in [2.05, 4.69) is 4.90 Å². The summed E-state index contributed by atoms with van der Waals surface area (Å²) in [4.78, 5) is 14.5. The molecule has 1 aliphatic rings. The first-order chi connectivity index (χ1) is 15.4. The quantitative estimate of drug-likeness (QED) is 0.103. The summed E-state index contributed by atoms with van der Waals surface area (Å²) in [5.41, 5.74) is 0. The van der Waals surface area contributed by atoms with Crippen LogP contribution in [0.2, 0.25) is 12.1 Å². The average molecular weight is 496 g/mol. The van der Waals surface area contributed by atoms with Crippen molar-refractivity contribution < 1.29 is 36.1 Å². The van der Waals surface area contributed by atoms with E-state index in [1.165, 1.54) is 0 Å². The number of rotatable bonds is 21. The smallest absolute Gasteiger partial charge is 0.464 e. The minimum absolute atomic E-state index is 0.148. The van der Waals surface area contributed by atoms with Gasteiger partial charge in [0, 0.05) is 58.3 Å². The largest absolute Gasteiger partial charge is 0.501 e. The molecular weight excluding hydrogens is 450 g/mol. The number of hydrogen-bond acceptors (Lipinski definition) is 9. The fourth-order valence-corrected chi connectivity index (χ4v) is 8.88. The Kier molecular flexibility index (Phi) is 15.1. The average Bonchev–Trinajstić information content (AvgIpc) is 3.52. The highest BCUT2D eigenvalue weighted by Gasteiger charge is 2.44. The Labute approximate surface area is 196 Å². The SMILES string of the molecule is CCO[Si](CCCOC(=O)[C@@H]1CN1CCC[Si](OCC)(OCC)OCC)(OCC)OCC. The molecule has 1 fully saturated rings. The lowest BCUT2D eigenvalue weighted by molar-refractivity contribution is -0.144. The molecule has 1 saturated heterocycles. The molecule has 11 heteroatoms. The predicted molar refractivity (Wildman–Crippen MR) is 126 cm³/mol. The molecule has 190 valence electrons. The lowest BCUT2D eigenvalue weighted by Gasteiger charge is -2.28. The summed E-state index contributed by atoms with van der Waals surface area (Å²) in [6, 6.07) is 1.24. The highest BCUT2D eigenvalue weighted by Crippen LogP contribution is 2.24. The van der Waals surface area contributed by atoms with Crippen LogP contribution in [-0.4, -0.2) is 93.9 Å². The van der Waals surface area contributed by atoms with E-state index in [1.807, 2.05) is 41.5 Å². The van der Waals surface area contributed by atoms with Gasteiger partial charge in [-0.25, -0.2) is 0 Å². The zero-order chi connectivity index (χ0) is 23.9. The van der Waals surface area contributed by atoms with E-state index in [-0.39, 0.29) is 12.0 Å². The van der Waals surface area contributed by atoms with Crippen LogP contribution in [0.3, 0.4) is 0 Å². The molecule has 0 bridgehead atoms. The van der Waals surface area contributed by atoms with Crippen molar-refractivity contribution in [2.45, 2.75) is 72.5 Å². The highest BCUT2D eigenvalue weighted by atomic mass is 28.4. The van der Waals surface area contributed by atoms with E-state index in [4.69, 9.17) is 31.3 Å². The Balaban J connectivity index is 2.35. The molecule has 9 nitrogen and oxygen atoms in total. The van der Waals surface area contributed by atoms with Crippen molar-refractivity contribution in [3.8, 4) is 0 Å². The Morgan fingerprint density at radius 1 is 0.719 bits per heavy atom. The van der Waals surface area contributed by atoms with Gasteiger partial charge in [0.25, 0.3) is 0 Å². The molecule has 1 heterocycles. The van der Waals surface area contributed by atoms with Gasteiger partial charge in [-0.1, -0.05) is 0 Å². The van der Waals surface area contributed by atoms with E-state index in [9.17, 15) is 4.79 Å². The van der Waals surface area contributed by atoms with Crippen molar-refractivity contribution >= 4 is 23.6 Å². The predicted octanol–water partition coefficient (Wildman–Crippen LogP) is 3.09. The van der Waals surface area contributed by atoms with Crippen molar-refractivity contribution in [2.75, 3.05) is 59.3 Å². The minimum atomic E-state index is -2.68. The fourth-order valence-electron chi connectivity index (χ4n) is 3.70. The third-order valence-electron chi connectivity index (χ3n) is 4.97. The van der Waals surface area contributed by atoms with E-state index >= 15 is 0 Å². The van der Waals surface area contributed by atoms with Gasteiger partial charge in [-0.15, -0.1) is 0 Å². The molecule has 2 atom stereocenters. The summed E-state index contributed by atoms with van der Waals surface area (Å²) >= 11 is 0. The van der Waals surface area contributed by atoms with Crippen LogP contribution in [0.15, 0.2) is 0 Å². The maximum Gasteiger partial charge on any atom is 0.501 e. The second-order valence-electron chi connectivity index (χ2n) is 7.35. The van der Waals surface area contributed by atoms with Gasteiger partial charge in [0.05, 0.1) is 6.61 Å². The van der Waals surface area contributed by atoms with E-state index in [1.54, 1.807) is 0 Å². The van der Waals surface area contributed by atoms with Gasteiger partial charge in [-0.3, -0.25) is 9.69 Å². The first kappa shape index (κ1) is 29.7. The Hall–Kier alpha value is -0.376. The number of hydrogen-bond donors (Lipinski definition) is 0. The van der Waals surface area contributed by atoms with Gasteiger partial charge in [0.1, 0.15) is 6.04 Å². The second kappa shape index (κ2) is 16.3. The molecule has 0 aromatic rings. The van der Waals surface area contributed by atoms with Gasteiger partial charge >= 0.3 is 23.6 Å². The molecule has 0 N–H and O–H groups in total. The van der Waals surface area contributed by atoms with Crippen molar-refractivity contribution in [3.63, 3.8) is 0 Å². The maximum absolute atomic E-state index is 12.4. The normalized spacial score (nSPS) is 18.7. The van der Waals surface area contributed by atoms with E-state index < -0.39 is 17.6 Å². The standard InChI is InChI=1S/C21H45NO8Si2/c1-7-25-31(26-8-2,27-9-3)17-13-15-22-19-20(22)21(23)24-16-14-18-32(28-10-4,29-11-5)30-12-6/h20H,7-19H2,1-6H3/t20-,22?/m0/s1. The Morgan fingerprint density at radius 2 is 1.12 bits per heavy atom. The first-order valence-corrected chi connectivity index (χ1v) is 16.1. The molecule has 0 aromatic carbocycles. The van der Waals surface area contributed by atoms with Crippen LogP contribution < -0.4 is 0 Å². The summed E-state index contributed by atoms with van der Waals surface area (Å²) in [6.07, 6.45) is 1.52. The molecule has 32 heavy (non-hydrogen) atoms. The summed E-state index contributed by atoms with van der Waals surface area (Å²) < 4.78 is 40.7. The molecular formula is C21H45NO8Si2. The molecule has 0 amide bonds. The molecule has 0 radical (unpaired) electrons. The van der Waals surface area contributed by atoms with Crippen LogP contribution in [0.1, 0.15) is 54.4 Å². The summed E-state index contributed by atoms with van der Waals surface area (Å²) in [5.74, 6) is -0.163. The molecule has 0 aromatic heterocycles. The summed E-state index contributed by atoms with van der Waals surface area (Å²) in [7, 11) is -5.31. The number of carbonyl (C=O) groups excluding carboxylic acids is 1. The Morgan fingerprint density at radius 3 is 1.53 bits per heavy atom. The van der Waals surface area contributed by atoms with Crippen molar-refractivity contribution in [3.05, 3.63) is 0 Å². The van der Waals surface area contributed by atoms with Gasteiger partial charge in [0.15, 0.2) is 0 Å². The first-order valence-electron chi connectivity index (χ1n) is 12.2. The number of carbonyl (C=O) groups is 1. The van der Waals surface area contributed by atoms with Crippen molar-refractivity contribution in [1.82, 2.24) is 4.90 Å². The lowest BCUT2D eigenvalue weighted by Crippen LogP contribution is -2.46. The van der Waals surface area contributed by atoms with E-state index in [0.29, 0.717) is 58.7 Å². The number of esters is 1. The van der Waals surface area contributed by atoms with Gasteiger partial charge in [-0.05, 0) is 60.9 Å². The molecule has 0 saturated carbocycles. The van der Waals surface area contributed by atoms with Crippen LogP contribution >= 0.6 is 0 Å². The van der Waals surface area contributed by atoms with Crippen LogP contribution in [0.4, 0.5) is 0 Å². The van der Waals surface area contributed by atoms with Crippen LogP contribution in [0, 0.1) is 0 Å². The van der Waals surface area contributed by atoms with Crippen molar-refractivity contribution in [2.24, 2.45) is 0 Å². The van der Waals surface area contributed by atoms with Gasteiger partial charge in [-0.2, -0.15) is 0 Å². The number of ether oxygens (including phenoxy) is 1. The lowest BCUT2D eigenvalue weighted by atomic mass is 10.4. The zero-order valence-corrected chi connectivity index (χ0v) is 23.0. The molecule has 0 aliphatic carbocycles. The monoisotopic (exact) mass is 495 g/mol. The summed E-state index contributed by atoms with van der Waals surface area (Å²) in [5, 5.41) is 0. The molecule has 1 aliphatic heterocycles. The molecule has 0 spiro atoms. The third kappa shape index (κ3) is 10.3. The second-order valence-corrected chi connectivity index (χ2v) is 12.8. The minimum Gasteiger partial charge on any atom is -0.464 e. The Bertz CT molecular complexity index is 480. The molecule has 1 rings (SSSR count). The fraction of sp³-hybridized carbons (Fsp3) is 0.952. The third-order valence-corrected chi connectivity index (χ3v) is 11.3. The highest BCUT2D eigenvalue weighted by molar-refractivity contribution is 6.61. The van der Waals surface area contributed by atoms with Crippen LogP contribution in [-0.2, 0) is 36.1 Å². The zero-order valence-electron chi connectivity index (χ0n) is 21.0. The van der Waals surface area contributed by atoms with Gasteiger partial charge < -0.3 is 31.3 Å².